The summed E-state index contributed by atoms with van der Waals surface area (Å²) < 4.78 is 0. The number of carbonyl (C=O) groups excluding carboxylic acids is 1. The number of nitrogens with zero attached hydrogens (tertiary/aromatic N) is 3. The molecule has 1 atom stereocenters. The van der Waals surface area contributed by atoms with Gasteiger partial charge in [0.15, 0.2) is 0 Å². The first-order chi connectivity index (χ1) is 19.5. The van der Waals surface area contributed by atoms with E-state index >= 15 is 0 Å². The maximum atomic E-state index is 13.3. The Labute approximate surface area is 249 Å². The zero-order valence-electron chi connectivity index (χ0n) is 23.8. The summed E-state index contributed by atoms with van der Waals surface area (Å²) in [6, 6.07) is 14.6. The van der Waals surface area contributed by atoms with Gasteiger partial charge in [-0.3, -0.25) is 9.69 Å². The second-order valence-electron chi connectivity index (χ2n) is 11.4. The van der Waals surface area contributed by atoms with Crippen molar-refractivity contribution in [1.29, 1.82) is 0 Å². The highest BCUT2D eigenvalue weighted by atomic mass is 35.5. The molecule has 6 nitrogen and oxygen atoms in total. The standard InChI is InChI=1S/C32H44ClN5OS/c1-40-30-5-3-2-4-27(30)23-37-18-20-38(21-19-37)32(39)31(34)25-10-15-36(16-11-25)17-12-26-22-28(33)6-7-29(26)24-8-13-35-14-9-24/h2-8,22,25,31,35H,9-21,23,34H2,1H3/t31-/m1/s1. The van der Waals surface area contributed by atoms with E-state index in [0.717, 1.165) is 96.2 Å². The van der Waals surface area contributed by atoms with E-state index in [2.05, 4.69) is 63.8 Å². The van der Waals surface area contributed by atoms with Gasteiger partial charge in [-0.2, -0.15) is 0 Å². The predicted molar refractivity (Wildman–Crippen MR) is 168 cm³/mol. The molecule has 8 heteroatoms. The third-order valence-electron chi connectivity index (χ3n) is 8.87. The Morgan fingerprint density at radius 2 is 1.82 bits per heavy atom. The summed E-state index contributed by atoms with van der Waals surface area (Å²) in [5.74, 6) is 0.401. The van der Waals surface area contributed by atoms with Crippen molar-refractivity contribution in [2.24, 2.45) is 11.7 Å². The summed E-state index contributed by atoms with van der Waals surface area (Å²) in [7, 11) is 0. The van der Waals surface area contributed by atoms with Gasteiger partial charge in [-0.05, 0) is 98.0 Å². The van der Waals surface area contributed by atoms with E-state index in [1.165, 1.54) is 27.2 Å². The van der Waals surface area contributed by atoms with Gasteiger partial charge < -0.3 is 20.9 Å². The molecule has 0 unspecified atom stereocenters. The van der Waals surface area contributed by atoms with Crippen LogP contribution in [0.15, 0.2) is 53.4 Å². The molecule has 2 aromatic carbocycles. The first kappa shape index (κ1) is 29.6. The lowest BCUT2D eigenvalue weighted by Gasteiger charge is -2.39. The second kappa shape index (κ2) is 14.3. The molecule has 40 heavy (non-hydrogen) atoms. The smallest absolute Gasteiger partial charge is 0.239 e. The van der Waals surface area contributed by atoms with Crippen LogP contribution in [0.1, 0.15) is 36.0 Å². The van der Waals surface area contributed by atoms with Crippen molar-refractivity contribution in [2.75, 3.05) is 65.2 Å². The van der Waals surface area contributed by atoms with Gasteiger partial charge in [0.2, 0.25) is 5.91 Å². The maximum absolute atomic E-state index is 13.3. The average Bonchev–Trinajstić information content (AvgIpc) is 3.01. The monoisotopic (exact) mass is 581 g/mol. The molecule has 0 radical (unpaired) electrons. The largest absolute Gasteiger partial charge is 0.339 e. The van der Waals surface area contributed by atoms with E-state index in [9.17, 15) is 4.79 Å². The normalized spacial score (nSPS) is 20.4. The number of amides is 1. The van der Waals surface area contributed by atoms with Gasteiger partial charge >= 0.3 is 0 Å². The zero-order chi connectivity index (χ0) is 27.9. The van der Waals surface area contributed by atoms with Crippen LogP contribution in [0.3, 0.4) is 0 Å². The summed E-state index contributed by atoms with van der Waals surface area (Å²) in [6.45, 7) is 9.24. The highest BCUT2D eigenvalue weighted by Gasteiger charge is 2.32. The minimum Gasteiger partial charge on any atom is -0.339 e. The topological polar surface area (TPSA) is 64.8 Å². The van der Waals surface area contributed by atoms with Crippen molar-refractivity contribution in [2.45, 2.75) is 43.2 Å². The van der Waals surface area contributed by atoms with Crippen molar-refractivity contribution in [1.82, 2.24) is 20.0 Å². The SMILES string of the molecule is CSc1ccccc1CN1CCN(C(=O)[C@H](N)C2CCN(CCc3cc(Cl)ccc3C3=CCNCC3)CC2)CC1. The fourth-order valence-electron chi connectivity index (χ4n) is 6.38. The van der Waals surface area contributed by atoms with Crippen LogP contribution in [0.25, 0.3) is 5.57 Å². The number of nitrogens with one attached hydrogen (secondary N) is 1. The van der Waals surface area contributed by atoms with Gasteiger partial charge in [-0.15, -0.1) is 11.8 Å². The Bertz CT molecular complexity index is 1170. The summed E-state index contributed by atoms with van der Waals surface area (Å²) >= 11 is 8.18. The number of rotatable bonds is 9. The van der Waals surface area contributed by atoms with Crippen molar-refractivity contribution in [3.63, 3.8) is 0 Å². The van der Waals surface area contributed by atoms with E-state index in [0.29, 0.717) is 0 Å². The van der Waals surface area contributed by atoms with Gasteiger partial charge in [0, 0.05) is 55.7 Å². The highest BCUT2D eigenvalue weighted by molar-refractivity contribution is 7.98. The molecule has 3 aliphatic heterocycles. The molecule has 0 aliphatic carbocycles. The van der Waals surface area contributed by atoms with E-state index < -0.39 is 6.04 Å². The van der Waals surface area contributed by atoms with Gasteiger partial charge in [0.05, 0.1) is 6.04 Å². The molecule has 2 saturated heterocycles. The lowest BCUT2D eigenvalue weighted by Crippen LogP contribution is -2.55. The molecule has 3 heterocycles. The zero-order valence-corrected chi connectivity index (χ0v) is 25.4. The van der Waals surface area contributed by atoms with Crippen molar-refractivity contribution in [3.8, 4) is 0 Å². The molecule has 3 N–H and O–H groups in total. The van der Waals surface area contributed by atoms with Gasteiger partial charge in [0.1, 0.15) is 0 Å². The number of benzene rings is 2. The number of likely N-dealkylation sites (tertiary alicyclic amines) is 1. The fourth-order valence-corrected chi connectivity index (χ4v) is 7.18. The van der Waals surface area contributed by atoms with Gasteiger partial charge in [0.25, 0.3) is 0 Å². The maximum Gasteiger partial charge on any atom is 0.239 e. The molecule has 3 aliphatic rings. The number of thioether (sulfide) groups is 1. The Balaban J connectivity index is 1.07. The number of nitrogens with two attached hydrogens (primary N) is 1. The number of piperazine rings is 1. The molecule has 2 aromatic rings. The molecule has 0 saturated carbocycles. The van der Waals surface area contributed by atoms with E-state index in [1.54, 1.807) is 11.8 Å². The van der Waals surface area contributed by atoms with Crippen LogP contribution in [0.2, 0.25) is 5.02 Å². The average molecular weight is 582 g/mol. The van der Waals surface area contributed by atoms with Crippen LogP contribution in [0.5, 0.6) is 0 Å². The molecular formula is C32H44ClN5OS. The molecule has 0 spiro atoms. The summed E-state index contributed by atoms with van der Waals surface area (Å²) in [5.41, 5.74) is 12.1. The van der Waals surface area contributed by atoms with Crippen molar-refractivity contribution >= 4 is 34.8 Å². The highest BCUT2D eigenvalue weighted by Crippen LogP contribution is 2.28. The first-order valence-corrected chi connectivity index (χ1v) is 16.4. The van der Waals surface area contributed by atoms with Crippen LogP contribution in [-0.2, 0) is 17.8 Å². The van der Waals surface area contributed by atoms with Crippen LogP contribution in [-0.4, -0.2) is 91.8 Å². The quantitative estimate of drug-likeness (QED) is 0.429. The molecule has 0 bridgehead atoms. The number of piperidine rings is 1. The Hall–Kier alpha value is -1.87. The van der Waals surface area contributed by atoms with E-state index in [-0.39, 0.29) is 11.8 Å². The predicted octanol–water partition coefficient (Wildman–Crippen LogP) is 4.36. The Kier molecular flexibility index (Phi) is 10.6. The van der Waals surface area contributed by atoms with Crippen LogP contribution >= 0.6 is 23.4 Å². The molecule has 5 rings (SSSR count). The van der Waals surface area contributed by atoms with Crippen molar-refractivity contribution < 1.29 is 4.79 Å². The van der Waals surface area contributed by atoms with Crippen LogP contribution in [0.4, 0.5) is 0 Å². The van der Waals surface area contributed by atoms with Crippen molar-refractivity contribution in [3.05, 3.63) is 70.3 Å². The minimum absolute atomic E-state index is 0.140. The van der Waals surface area contributed by atoms with Gasteiger partial charge in [-0.25, -0.2) is 0 Å². The third kappa shape index (κ3) is 7.50. The number of carbonyl (C=O) groups is 1. The fraction of sp³-hybridized carbons (Fsp3) is 0.531. The Morgan fingerprint density at radius 1 is 1.05 bits per heavy atom. The molecule has 0 aromatic heterocycles. The lowest BCUT2D eigenvalue weighted by molar-refractivity contribution is -0.136. The lowest BCUT2D eigenvalue weighted by atomic mass is 9.88. The number of halogens is 1. The molecule has 216 valence electrons. The van der Waals surface area contributed by atoms with Gasteiger partial charge in [-0.1, -0.05) is 41.9 Å². The van der Waals surface area contributed by atoms with E-state index in [1.807, 2.05) is 11.0 Å². The molecular weight excluding hydrogens is 538 g/mol. The second-order valence-corrected chi connectivity index (χ2v) is 12.6. The van der Waals surface area contributed by atoms with Crippen LogP contribution in [0, 0.1) is 5.92 Å². The Morgan fingerprint density at radius 3 is 2.55 bits per heavy atom. The summed E-state index contributed by atoms with van der Waals surface area (Å²) in [6.07, 6.45) is 8.46. The van der Waals surface area contributed by atoms with Crippen LogP contribution < -0.4 is 11.1 Å². The first-order valence-electron chi connectivity index (χ1n) is 14.8. The summed E-state index contributed by atoms with van der Waals surface area (Å²) in [5, 5.41) is 4.21. The molecule has 1 amide bonds. The number of hydrogen-bond donors (Lipinski definition) is 2. The third-order valence-corrected chi connectivity index (χ3v) is 9.94. The summed E-state index contributed by atoms with van der Waals surface area (Å²) in [4.78, 5) is 21.6. The van der Waals surface area contributed by atoms with E-state index in [4.69, 9.17) is 17.3 Å². The molecule has 2 fully saturated rings. The minimum atomic E-state index is -0.391. The number of hydrogen-bond acceptors (Lipinski definition) is 6.